The highest BCUT2D eigenvalue weighted by Gasteiger charge is 2.45. The molecule has 2 fully saturated rings. The average Bonchev–Trinajstić information content (AvgIpc) is 3.22. The van der Waals surface area contributed by atoms with Gasteiger partial charge >= 0.3 is 6.01 Å². The number of nitrogens with zero attached hydrogens (tertiary/aromatic N) is 4. The van der Waals surface area contributed by atoms with Gasteiger partial charge in [-0.05, 0) is 44.1 Å². The lowest BCUT2D eigenvalue weighted by atomic mass is 9.93. The van der Waals surface area contributed by atoms with E-state index < -0.39 is 6.04 Å². The summed E-state index contributed by atoms with van der Waals surface area (Å²) in [5, 5.41) is 10.9. The summed E-state index contributed by atoms with van der Waals surface area (Å²) in [6.07, 6.45) is 6.49. The first-order valence-electron chi connectivity index (χ1n) is 9.02. The summed E-state index contributed by atoms with van der Waals surface area (Å²) in [6.45, 7) is 3.45. The molecule has 1 spiro atoms. The molecule has 1 aliphatic carbocycles. The second-order valence-electron chi connectivity index (χ2n) is 7.47. The summed E-state index contributed by atoms with van der Waals surface area (Å²) >= 11 is 0. The van der Waals surface area contributed by atoms with Gasteiger partial charge in [0.05, 0.1) is 0 Å². The van der Waals surface area contributed by atoms with Crippen LogP contribution in [0.15, 0.2) is 27.5 Å². The van der Waals surface area contributed by atoms with Crippen LogP contribution >= 0.6 is 0 Å². The Labute approximate surface area is 151 Å². The molecule has 2 aliphatic rings. The quantitative estimate of drug-likeness (QED) is 0.894. The number of carbonyl (C=O) groups is 1. The molecule has 8 heteroatoms. The van der Waals surface area contributed by atoms with Gasteiger partial charge in [-0.1, -0.05) is 5.10 Å². The van der Waals surface area contributed by atoms with Crippen molar-refractivity contribution < 1.29 is 9.21 Å². The normalized spacial score (nSPS) is 19.4. The van der Waals surface area contributed by atoms with Crippen LogP contribution in [0.3, 0.4) is 0 Å². The maximum atomic E-state index is 12.6. The standard InChI is InChI=1S/C18H23N5O3/c1-12(16(25)23-9-6-18(4-5-18)7-10-23)19-17-21-20-15(26-17)13-3-8-22(2)14(24)11-13/h3,8,11-12H,4-7,9-10H2,1-2H3,(H,19,21)/t12-/m1/s1. The Morgan fingerprint density at radius 2 is 2.00 bits per heavy atom. The van der Waals surface area contributed by atoms with Crippen LogP contribution in [0.4, 0.5) is 6.01 Å². The van der Waals surface area contributed by atoms with E-state index in [0.29, 0.717) is 11.0 Å². The maximum Gasteiger partial charge on any atom is 0.316 e. The Morgan fingerprint density at radius 1 is 1.27 bits per heavy atom. The summed E-state index contributed by atoms with van der Waals surface area (Å²) in [4.78, 5) is 26.3. The first-order valence-corrected chi connectivity index (χ1v) is 9.02. The number of carbonyl (C=O) groups excluding carboxylic acids is 1. The fraction of sp³-hybridized carbons (Fsp3) is 0.556. The van der Waals surface area contributed by atoms with E-state index in [1.54, 1.807) is 26.2 Å². The number of amides is 1. The van der Waals surface area contributed by atoms with Crippen molar-refractivity contribution in [1.29, 1.82) is 0 Å². The van der Waals surface area contributed by atoms with E-state index in [-0.39, 0.29) is 23.4 Å². The third-order valence-corrected chi connectivity index (χ3v) is 5.58. The third kappa shape index (κ3) is 3.23. The molecule has 2 aromatic rings. The lowest BCUT2D eigenvalue weighted by Crippen LogP contribution is -2.45. The number of anilines is 1. The molecule has 1 aliphatic heterocycles. The lowest BCUT2D eigenvalue weighted by Gasteiger charge is -2.33. The number of hydrogen-bond acceptors (Lipinski definition) is 6. The molecule has 8 nitrogen and oxygen atoms in total. The Bertz CT molecular complexity index is 873. The number of nitrogens with one attached hydrogen (secondary N) is 1. The van der Waals surface area contributed by atoms with Gasteiger partial charge in [0.15, 0.2) is 0 Å². The molecule has 3 heterocycles. The van der Waals surface area contributed by atoms with Crippen molar-refractivity contribution >= 4 is 11.9 Å². The highest BCUT2D eigenvalue weighted by molar-refractivity contribution is 5.83. The number of hydrogen-bond donors (Lipinski definition) is 1. The van der Waals surface area contributed by atoms with Gasteiger partial charge in [0, 0.05) is 38.0 Å². The van der Waals surface area contributed by atoms with Gasteiger partial charge in [-0.15, -0.1) is 5.10 Å². The zero-order valence-electron chi connectivity index (χ0n) is 15.1. The van der Waals surface area contributed by atoms with E-state index in [4.69, 9.17) is 4.42 Å². The molecule has 1 N–H and O–H groups in total. The number of piperidine rings is 1. The molecular formula is C18H23N5O3. The second kappa shape index (κ2) is 6.26. The van der Waals surface area contributed by atoms with Crippen LogP contribution in [-0.4, -0.2) is 44.7 Å². The molecule has 26 heavy (non-hydrogen) atoms. The topological polar surface area (TPSA) is 93.3 Å². The zero-order chi connectivity index (χ0) is 18.3. The molecule has 0 bridgehead atoms. The summed E-state index contributed by atoms with van der Waals surface area (Å²) < 4.78 is 7.03. The number of aryl methyl sites for hydroxylation is 1. The predicted molar refractivity (Wildman–Crippen MR) is 95.5 cm³/mol. The molecular weight excluding hydrogens is 334 g/mol. The monoisotopic (exact) mass is 357 g/mol. The predicted octanol–water partition coefficient (Wildman–Crippen LogP) is 1.64. The van der Waals surface area contributed by atoms with Gasteiger partial charge in [-0.3, -0.25) is 9.59 Å². The van der Waals surface area contributed by atoms with E-state index in [2.05, 4.69) is 15.5 Å². The van der Waals surface area contributed by atoms with Gasteiger partial charge in [0.1, 0.15) is 6.04 Å². The highest BCUT2D eigenvalue weighted by Crippen LogP contribution is 2.53. The minimum atomic E-state index is -0.444. The minimum absolute atomic E-state index is 0.0498. The summed E-state index contributed by atoms with van der Waals surface area (Å²) in [6, 6.07) is 2.90. The van der Waals surface area contributed by atoms with Crippen LogP contribution < -0.4 is 10.9 Å². The Hall–Kier alpha value is -2.64. The SMILES string of the molecule is C[C@@H](Nc1nnc(-c2ccn(C)c(=O)c2)o1)C(=O)N1CCC2(CC1)CC2. The molecule has 138 valence electrons. The molecule has 0 radical (unpaired) electrons. The van der Waals surface area contributed by atoms with Crippen LogP contribution in [0.25, 0.3) is 11.5 Å². The van der Waals surface area contributed by atoms with Crippen molar-refractivity contribution in [2.75, 3.05) is 18.4 Å². The highest BCUT2D eigenvalue weighted by atomic mass is 16.4. The van der Waals surface area contributed by atoms with E-state index >= 15 is 0 Å². The number of pyridine rings is 1. The average molecular weight is 357 g/mol. The molecule has 1 saturated carbocycles. The first kappa shape index (κ1) is 16.8. The van der Waals surface area contributed by atoms with Crippen LogP contribution in [0, 0.1) is 5.41 Å². The fourth-order valence-corrected chi connectivity index (χ4v) is 3.48. The minimum Gasteiger partial charge on any atom is -0.403 e. The number of likely N-dealkylation sites (tertiary alicyclic amines) is 1. The van der Waals surface area contributed by atoms with Gasteiger partial charge in [-0.2, -0.15) is 0 Å². The molecule has 0 aromatic carbocycles. The van der Waals surface area contributed by atoms with E-state index in [1.807, 2.05) is 4.90 Å². The van der Waals surface area contributed by atoms with Crippen molar-refractivity contribution in [3.05, 3.63) is 28.7 Å². The van der Waals surface area contributed by atoms with Crippen molar-refractivity contribution in [3.63, 3.8) is 0 Å². The maximum absolute atomic E-state index is 12.6. The molecule has 0 unspecified atom stereocenters. The van der Waals surface area contributed by atoms with Gasteiger partial charge in [-0.25, -0.2) is 0 Å². The molecule has 1 atom stereocenters. The Kier molecular flexibility index (Phi) is 4.05. The largest absolute Gasteiger partial charge is 0.403 e. The van der Waals surface area contributed by atoms with Crippen LogP contribution in [0.2, 0.25) is 0 Å². The van der Waals surface area contributed by atoms with Crippen molar-refractivity contribution in [2.24, 2.45) is 12.5 Å². The van der Waals surface area contributed by atoms with E-state index in [0.717, 1.165) is 25.9 Å². The van der Waals surface area contributed by atoms with Gasteiger partial charge < -0.3 is 19.2 Å². The summed E-state index contributed by atoms with van der Waals surface area (Å²) in [5.41, 5.74) is 0.942. The van der Waals surface area contributed by atoms with Crippen molar-refractivity contribution in [2.45, 2.75) is 38.6 Å². The molecule has 1 amide bonds. The Morgan fingerprint density at radius 3 is 2.65 bits per heavy atom. The third-order valence-electron chi connectivity index (χ3n) is 5.58. The fourth-order valence-electron chi connectivity index (χ4n) is 3.48. The van der Waals surface area contributed by atoms with Crippen LogP contribution in [0.1, 0.15) is 32.6 Å². The van der Waals surface area contributed by atoms with Gasteiger partial charge in [0.25, 0.3) is 5.56 Å². The molecule has 4 rings (SSSR count). The molecule has 2 aromatic heterocycles. The number of rotatable bonds is 4. The van der Waals surface area contributed by atoms with Crippen LogP contribution in [-0.2, 0) is 11.8 Å². The number of aromatic nitrogens is 3. The summed E-state index contributed by atoms with van der Waals surface area (Å²) in [5.74, 6) is 0.298. The molecule has 1 saturated heterocycles. The van der Waals surface area contributed by atoms with Crippen LogP contribution in [0.5, 0.6) is 0 Å². The van der Waals surface area contributed by atoms with Gasteiger partial charge in [0.2, 0.25) is 11.8 Å². The Balaban J connectivity index is 1.39. The first-order chi connectivity index (χ1) is 12.5. The van der Waals surface area contributed by atoms with Crippen molar-refractivity contribution in [1.82, 2.24) is 19.7 Å². The van der Waals surface area contributed by atoms with E-state index in [9.17, 15) is 9.59 Å². The summed E-state index contributed by atoms with van der Waals surface area (Å²) in [7, 11) is 1.67. The lowest BCUT2D eigenvalue weighted by molar-refractivity contribution is -0.133. The second-order valence-corrected chi connectivity index (χ2v) is 7.47. The van der Waals surface area contributed by atoms with Crippen molar-refractivity contribution in [3.8, 4) is 11.5 Å². The van der Waals surface area contributed by atoms with E-state index in [1.165, 1.54) is 23.5 Å². The smallest absolute Gasteiger partial charge is 0.316 e. The zero-order valence-corrected chi connectivity index (χ0v) is 15.1.